The van der Waals surface area contributed by atoms with E-state index in [1.54, 1.807) is 24.8 Å². The molecule has 0 unspecified atom stereocenters. The molecule has 14 heavy (non-hydrogen) atoms. The Hall–Kier alpha value is -1.51. The van der Waals surface area contributed by atoms with Gasteiger partial charge in [0, 0.05) is 30.7 Å². The predicted octanol–water partition coefficient (Wildman–Crippen LogP) is 2.36. The third-order valence-corrected chi connectivity index (χ3v) is 1.78. The molecule has 0 saturated heterocycles. The minimum atomic E-state index is 0.785. The van der Waals surface area contributed by atoms with Gasteiger partial charge in [-0.2, -0.15) is 0 Å². The SMILES string of the molecule is C=C(C=NCCCC)c1cnccn1. The maximum atomic E-state index is 4.25. The van der Waals surface area contributed by atoms with Crippen molar-refractivity contribution in [2.24, 2.45) is 4.99 Å². The average Bonchev–Trinajstić information content (AvgIpc) is 2.25. The van der Waals surface area contributed by atoms with Crippen LogP contribution in [0.4, 0.5) is 0 Å². The number of aliphatic imine (C=N–C) groups is 1. The Kier molecular flexibility index (Phi) is 4.55. The van der Waals surface area contributed by atoms with Crippen molar-refractivity contribution in [3.8, 4) is 0 Å². The molecule has 0 amide bonds. The highest BCUT2D eigenvalue weighted by atomic mass is 14.8. The van der Waals surface area contributed by atoms with E-state index >= 15 is 0 Å². The van der Waals surface area contributed by atoms with Gasteiger partial charge >= 0.3 is 0 Å². The summed E-state index contributed by atoms with van der Waals surface area (Å²) in [6.45, 7) is 6.87. The maximum absolute atomic E-state index is 4.25. The number of unbranched alkanes of at least 4 members (excludes halogenated alkanes) is 1. The number of rotatable bonds is 5. The van der Waals surface area contributed by atoms with Gasteiger partial charge in [0.25, 0.3) is 0 Å². The molecule has 3 nitrogen and oxygen atoms in total. The molecular formula is C11H15N3. The van der Waals surface area contributed by atoms with Crippen LogP contribution in [0, 0.1) is 0 Å². The van der Waals surface area contributed by atoms with Gasteiger partial charge in [-0.05, 0) is 6.42 Å². The van der Waals surface area contributed by atoms with Crippen molar-refractivity contribution in [3.63, 3.8) is 0 Å². The van der Waals surface area contributed by atoms with Crippen molar-refractivity contribution in [1.82, 2.24) is 9.97 Å². The fraction of sp³-hybridized carbons (Fsp3) is 0.364. The van der Waals surface area contributed by atoms with Gasteiger partial charge in [0.1, 0.15) is 0 Å². The van der Waals surface area contributed by atoms with Crippen LogP contribution in [-0.2, 0) is 0 Å². The largest absolute Gasteiger partial charge is 0.293 e. The van der Waals surface area contributed by atoms with Gasteiger partial charge in [0.2, 0.25) is 0 Å². The van der Waals surface area contributed by atoms with E-state index in [0.29, 0.717) is 0 Å². The van der Waals surface area contributed by atoms with Gasteiger partial charge in [-0.15, -0.1) is 0 Å². The molecule has 1 aromatic heterocycles. The molecule has 0 atom stereocenters. The van der Waals surface area contributed by atoms with Crippen LogP contribution in [0.2, 0.25) is 0 Å². The summed E-state index contributed by atoms with van der Waals surface area (Å²) in [5, 5.41) is 0. The summed E-state index contributed by atoms with van der Waals surface area (Å²) in [6, 6.07) is 0. The Bertz CT molecular complexity index is 304. The van der Waals surface area contributed by atoms with E-state index in [0.717, 1.165) is 30.7 Å². The van der Waals surface area contributed by atoms with Crippen LogP contribution >= 0.6 is 0 Å². The van der Waals surface area contributed by atoms with Crippen LogP contribution in [0.5, 0.6) is 0 Å². The Labute approximate surface area is 84.6 Å². The molecule has 0 aliphatic carbocycles. The second-order valence-corrected chi connectivity index (χ2v) is 3.00. The highest BCUT2D eigenvalue weighted by Gasteiger charge is 1.94. The summed E-state index contributed by atoms with van der Waals surface area (Å²) in [6.07, 6.45) is 9.03. The van der Waals surface area contributed by atoms with Crippen molar-refractivity contribution in [2.75, 3.05) is 6.54 Å². The monoisotopic (exact) mass is 189 g/mol. The molecule has 1 rings (SSSR count). The summed E-state index contributed by atoms with van der Waals surface area (Å²) in [7, 11) is 0. The molecule has 0 radical (unpaired) electrons. The fourth-order valence-corrected chi connectivity index (χ4v) is 0.955. The summed E-state index contributed by atoms with van der Waals surface area (Å²) in [4.78, 5) is 12.3. The highest BCUT2D eigenvalue weighted by molar-refractivity contribution is 6.07. The van der Waals surface area contributed by atoms with Gasteiger partial charge < -0.3 is 0 Å². The standard InChI is InChI=1S/C11H15N3/c1-3-4-5-12-8-10(2)11-9-13-6-7-14-11/h6-9H,2-5H2,1H3. The van der Waals surface area contributed by atoms with Crippen molar-refractivity contribution >= 4 is 11.8 Å². The summed E-state index contributed by atoms with van der Waals surface area (Å²) >= 11 is 0. The normalized spacial score (nSPS) is 10.6. The lowest BCUT2D eigenvalue weighted by molar-refractivity contribution is 0.810. The van der Waals surface area contributed by atoms with Gasteiger partial charge in [-0.3, -0.25) is 15.0 Å². The Morgan fingerprint density at radius 1 is 1.57 bits per heavy atom. The summed E-state index contributed by atoms with van der Waals surface area (Å²) in [5.74, 6) is 0. The molecular weight excluding hydrogens is 174 g/mol. The minimum Gasteiger partial charge on any atom is -0.293 e. The van der Waals surface area contributed by atoms with Gasteiger partial charge in [-0.1, -0.05) is 19.9 Å². The number of hydrogen-bond acceptors (Lipinski definition) is 3. The summed E-state index contributed by atoms with van der Waals surface area (Å²) in [5.41, 5.74) is 1.60. The van der Waals surface area contributed by atoms with Crippen LogP contribution in [0.25, 0.3) is 5.57 Å². The molecule has 1 heterocycles. The minimum absolute atomic E-state index is 0.785. The molecule has 0 aliphatic rings. The van der Waals surface area contributed by atoms with E-state index in [9.17, 15) is 0 Å². The first-order valence-corrected chi connectivity index (χ1v) is 4.79. The quantitative estimate of drug-likeness (QED) is 0.526. The zero-order valence-electron chi connectivity index (χ0n) is 8.48. The van der Waals surface area contributed by atoms with E-state index in [1.165, 1.54) is 0 Å². The molecule has 74 valence electrons. The van der Waals surface area contributed by atoms with Crippen molar-refractivity contribution < 1.29 is 0 Å². The van der Waals surface area contributed by atoms with E-state index in [-0.39, 0.29) is 0 Å². The lowest BCUT2D eigenvalue weighted by atomic mass is 10.2. The first-order valence-electron chi connectivity index (χ1n) is 4.79. The third-order valence-electron chi connectivity index (χ3n) is 1.78. The molecule has 0 spiro atoms. The van der Waals surface area contributed by atoms with Crippen LogP contribution in [-0.4, -0.2) is 22.7 Å². The van der Waals surface area contributed by atoms with Gasteiger partial charge in [0.05, 0.1) is 11.9 Å². The molecule has 1 aromatic rings. The molecule has 0 bridgehead atoms. The lowest BCUT2D eigenvalue weighted by Gasteiger charge is -1.96. The molecule has 0 aliphatic heterocycles. The first kappa shape index (κ1) is 10.6. The van der Waals surface area contributed by atoms with E-state index < -0.39 is 0 Å². The maximum Gasteiger partial charge on any atom is 0.0894 e. The fourth-order valence-electron chi connectivity index (χ4n) is 0.955. The average molecular weight is 189 g/mol. The topological polar surface area (TPSA) is 38.1 Å². The zero-order chi connectivity index (χ0) is 10.2. The van der Waals surface area contributed by atoms with Crippen LogP contribution in [0.1, 0.15) is 25.5 Å². The lowest BCUT2D eigenvalue weighted by Crippen LogP contribution is -1.90. The van der Waals surface area contributed by atoms with Crippen molar-refractivity contribution in [2.45, 2.75) is 19.8 Å². The Balaban J connectivity index is 2.47. The van der Waals surface area contributed by atoms with Crippen LogP contribution in [0.3, 0.4) is 0 Å². The molecule has 3 heteroatoms. The number of nitrogens with zero attached hydrogens (tertiary/aromatic N) is 3. The smallest absolute Gasteiger partial charge is 0.0894 e. The molecule has 0 aromatic carbocycles. The predicted molar refractivity (Wildman–Crippen MR) is 59.3 cm³/mol. The second kappa shape index (κ2) is 6.02. The van der Waals surface area contributed by atoms with Crippen LogP contribution in [0.15, 0.2) is 30.2 Å². The van der Waals surface area contributed by atoms with Crippen molar-refractivity contribution in [1.29, 1.82) is 0 Å². The Morgan fingerprint density at radius 3 is 3.07 bits per heavy atom. The molecule has 0 saturated carbocycles. The third kappa shape index (κ3) is 3.47. The van der Waals surface area contributed by atoms with E-state index in [4.69, 9.17) is 0 Å². The number of allylic oxidation sites excluding steroid dienone is 1. The van der Waals surface area contributed by atoms with E-state index in [2.05, 4.69) is 28.5 Å². The van der Waals surface area contributed by atoms with Gasteiger partial charge in [0.15, 0.2) is 0 Å². The second-order valence-electron chi connectivity index (χ2n) is 3.00. The first-order chi connectivity index (χ1) is 6.84. The number of hydrogen-bond donors (Lipinski definition) is 0. The molecule has 0 N–H and O–H groups in total. The Morgan fingerprint density at radius 2 is 2.43 bits per heavy atom. The number of aromatic nitrogens is 2. The van der Waals surface area contributed by atoms with Crippen molar-refractivity contribution in [3.05, 3.63) is 30.9 Å². The summed E-state index contributed by atoms with van der Waals surface area (Å²) < 4.78 is 0. The van der Waals surface area contributed by atoms with E-state index in [1.807, 2.05) is 0 Å². The highest BCUT2D eigenvalue weighted by Crippen LogP contribution is 2.03. The molecule has 0 fully saturated rings. The van der Waals surface area contributed by atoms with Crippen LogP contribution < -0.4 is 0 Å². The van der Waals surface area contributed by atoms with Gasteiger partial charge in [-0.25, -0.2) is 0 Å². The zero-order valence-corrected chi connectivity index (χ0v) is 8.48.